The molecule has 0 aliphatic rings. The lowest BCUT2D eigenvalue weighted by Crippen LogP contribution is -2.39. The quantitative estimate of drug-likeness (QED) is 0.598. The number of hydrogen-bond acceptors (Lipinski definition) is 4. The van der Waals surface area contributed by atoms with Crippen molar-refractivity contribution in [2.45, 2.75) is 19.9 Å². The first-order chi connectivity index (χ1) is 11.6. The predicted octanol–water partition coefficient (Wildman–Crippen LogP) is 2.75. The number of rotatable bonds is 7. The molecule has 0 aliphatic carbocycles. The van der Waals surface area contributed by atoms with E-state index in [0.29, 0.717) is 12.5 Å². The highest BCUT2D eigenvalue weighted by atomic mass is 32.1. The Bertz CT molecular complexity index is 637. The Kier molecular flexibility index (Phi) is 7.06. The molecule has 24 heavy (non-hydrogen) atoms. The molecule has 0 radical (unpaired) electrons. The summed E-state index contributed by atoms with van der Waals surface area (Å²) in [6, 6.07) is 10.3. The van der Waals surface area contributed by atoms with Gasteiger partial charge in [-0.15, -0.1) is 11.3 Å². The maximum absolute atomic E-state index is 4.61. The van der Waals surface area contributed by atoms with Gasteiger partial charge in [0.1, 0.15) is 5.82 Å². The van der Waals surface area contributed by atoms with Crippen LogP contribution in [0.4, 0.5) is 5.82 Å². The second-order valence-electron chi connectivity index (χ2n) is 6.08. The van der Waals surface area contributed by atoms with E-state index in [-0.39, 0.29) is 0 Å². The summed E-state index contributed by atoms with van der Waals surface area (Å²) in [5.74, 6) is 2.32. The smallest absolute Gasteiger partial charge is 0.191 e. The lowest BCUT2D eigenvalue weighted by atomic mass is 10.1. The number of guanidine groups is 1. The first kappa shape index (κ1) is 18.3. The summed E-state index contributed by atoms with van der Waals surface area (Å²) in [5, 5.41) is 8.85. The zero-order valence-corrected chi connectivity index (χ0v) is 15.7. The summed E-state index contributed by atoms with van der Waals surface area (Å²) in [4.78, 5) is 12.3. The highest BCUT2D eigenvalue weighted by Gasteiger charge is 2.07. The number of aliphatic imine (C=N–C) groups is 1. The van der Waals surface area contributed by atoms with Crippen molar-refractivity contribution in [3.8, 4) is 0 Å². The van der Waals surface area contributed by atoms with Crippen LogP contribution >= 0.6 is 11.3 Å². The number of nitrogens with zero attached hydrogens (tertiary/aromatic N) is 3. The van der Waals surface area contributed by atoms with E-state index in [2.05, 4.69) is 45.0 Å². The molecule has 0 bridgehead atoms. The Morgan fingerprint density at radius 1 is 1.25 bits per heavy atom. The zero-order chi connectivity index (χ0) is 17.4. The van der Waals surface area contributed by atoms with Gasteiger partial charge in [0.25, 0.3) is 0 Å². The standard InChI is InChI=1S/C18H27N5S/c1-14(11-16-8-6-10-24-16)12-20-18(19-2)21-13-15-7-5-9-17(22-15)23(3)4/h5-10,14H,11-13H2,1-4H3,(H2,19,20,21). The third-order valence-corrected chi connectivity index (χ3v) is 4.56. The van der Waals surface area contributed by atoms with Crippen LogP contribution in [0.1, 0.15) is 17.5 Å². The van der Waals surface area contributed by atoms with Crippen LogP contribution in [0.3, 0.4) is 0 Å². The molecule has 0 saturated heterocycles. The first-order valence-electron chi connectivity index (χ1n) is 8.18. The van der Waals surface area contributed by atoms with Crippen LogP contribution in [-0.4, -0.2) is 38.6 Å². The van der Waals surface area contributed by atoms with Crippen molar-refractivity contribution in [2.24, 2.45) is 10.9 Å². The second kappa shape index (κ2) is 9.27. The summed E-state index contributed by atoms with van der Waals surface area (Å²) in [6.07, 6.45) is 1.09. The topological polar surface area (TPSA) is 52.6 Å². The van der Waals surface area contributed by atoms with Crippen molar-refractivity contribution in [2.75, 3.05) is 32.6 Å². The van der Waals surface area contributed by atoms with Crippen molar-refractivity contribution in [3.63, 3.8) is 0 Å². The lowest BCUT2D eigenvalue weighted by Gasteiger charge is -2.16. The van der Waals surface area contributed by atoms with Crippen LogP contribution in [0.25, 0.3) is 0 Å². The Morgan fingerprint density at radius 2 is 2.08 bits per heavy atom. The van der Waals surface area contributed by atoms with Gasteiger partial charge < -0.3 is 15.5 Å². The van der Waals surface area contributed by atoms with Gasteiger partial charge in [-0.3, -0.25) is 4.99 Å². The number of anilines is 1. The molecule has 2 N–H and O–H groups in total. The van der Waals surface area contributed by atoms with Gasteiger partial charge in [0, 0.05) is 32.6 Å². The first-order valence-corrected chi connectivity index (χ1v) is 9.06. The maximum atomic E-state index is 4.61. The van der Waals surface area contributed by atoms with E-state index in [1.165, 1.54) is 4.88 Å². The third kappa shape index (κ3) is 5.85. The number of thiophene rings is 1. The van der Waals surface area contributed by atoms with E-state index >= 15 is 0 Å². The predicted molar refractivity (Wildman–Crippen MR) is 104 cm³/mol. The third-order valence-electron chi connectivity index (χ3n) is 3.66. The van der Waals surface area contributed by atoms with E-state index in [4.69, 9.17) is 0 Å². The number of aromatic nitrogens is 1. The molecule has 0 saturated carbocycles. The van der Waals surface area contributed by atoms with Gasteiger partial charge >= 0.3 is 0 Å². The molecule has 0 fully saturated rings. The lowest BCUT2D eigenvalue weighted by molar-refractivity contribution is 0.562. The largest absolute Gasteiger partial charge is 0.363 e. The molecule has 2 heterocycles. The van der Waals surface area contributed by atoms with Gasteiger partial charge in [0.2, 0.25) is 0 Å². The summed E-state index contributed by atoms with van der Waals surface area (Å²) < 4.78 is 0. The molecule has 2 aromatic rings. The van der Waals surface area contributed by atoms with Gasteiger partial charge in [-0.2, -0.15) is 0 Å². The fourth-order valence-corrected chi connectivity index (χ4v) is 3.19. The fraction of sp³-hybridized carbons (Fsp3) is 0.444. The Morgan fingerprint density at radius 3 is 2.75 bits per heavy atom. The van der Waals surface area contributed by atoms with Gasteiger partial charge in [-0.1, -0.05) is 19.1 Å². The SMILES string of the molecule is CN=C(NCc1cccc(N(C)C)n1)NCC(C)Cc1cccs1. The molecule has 5 nitrogen and oxygen atoms in total. The highest BCUT2D eigenvalue weighted by molar-refractivity contribution is 7.09. The van der Waals surface area contributed by atoms with Gasteiger partial charge in [0.05, 0.1) is 12.2 Å². The minimum absolute atomic E-state index is 0.553. The molecule has 2 aromatic heterocycles. The molecule has 0 aromatic carbocycles. The number of nitrogens with one attached hydrogen (secondary N) is 2. The van der Waals surface area contributed by atoms with Gasteiger partial charge in [-0.25, -0.2) is 4.98 Å². The van der Waals surface area contributed by atoms with E-state index in [9.17, 15) is 0 Å². The Labute approximate surface area is 148 Å². The number of hydrogen-bond donors (Lipinski definition) is 2. The number of pyridine rings is 1. The average Bonchev–Trinajstić information content (AvgIpc) is 3.08. The van der Waals surface area contributed by atoms with E-state index in [1.807, 2.05) is 48.5 Å². The minimum atomic E-state index is 0.553. The minimum Gasteiger partial charge on any atom is -0.363 e. The van der Waals surface area contributed by atoms with Crippen molar-refractivity contribution >= 4 is 23.1 Å². The summed E-state index contributed by atoms with van der Waals surface area (Å²) in [5.41, 5.74) is 0.996. The maximum Gasteiger partial charge on any atom is 0.191 e. The molecule has 0 amide bonds. The van der Waals surface area contributed by atoms with E-state index in [1.54, 1.807) is 7.05 Å². The molecule has 6 heteroatoms. The molecule has 0 aliphatic heterocycles. The van der Waals surface area contributed by atoms with Crippen molar-refractivity contribution < 1.29 is 0 Å². The summed E-state index contributed by atoms with van der Waals surface area (Å²) in [7, 11) is 5.78. The molecular weight excluding hydrogens is 318 g/mol. The molecular formula is C18H27N5S. The van der Waals surface area contributed by atoms with Gasteiger partial charge in [-0.05, 0) is 35.9 Å². The molecule has 130 valence electrons. The van der Waals surface area contributed by atoms with Crippen molar-refractivity contribution in [1.29, 1.82) is 0 Å². The second-order valence-corrected chi connectivity index (χ2v) is 7.11. The monoisotopic (exact) mass is 345 g/mol. The Hall–Kier alpha value is -2.08. The Balaban J connectivity index is 1.79. The fourth-order valence-electron chi connectivity index (χ4n) is 2.32. The van der Waals surface area contributed by atoms with E-state index < -0.39 is 0 Å². The van der Waals surface area contributed by atoms with Crippen LogP contribution in [0, 0.1) is 5.92 Å². The highest BCUT2D eigenvalue weighted by Crippen LogP contribution is 2.13. The van der Waals surface area contributed by atoms with Crippen LogP contribution in [0.2, 0.25) is 0 Å². The molecule has 1 unspecified atom stereocenters. The van der Waals surface area contributed by atoms with E-state index in [0.717, 1.165) is 30.4 Å². The molecule has 0 spiro atoms. The van der Waals surface area contributed by atoms with Crippen LogP contribution in [-0.2, 0) is 13.0 Å². The van der Waals surface area contributed by atoms with Gasteiger partial charge in [0.15, 0.2) is 5.96 Å². The van der Waals surface area contributed by atoms with Crippen LogP contribution in [0.5, 0.6) is 0 Å². The van der Waals surface area contributed by atoms with Crippen LogP contribution < -0.4 is 15.5 Å². The molecule has 2 rings (SSSR count). The summed E-state index contributed by atoms with van der Waals surface area (Å²) >= 11 is 1.82. The zero-order valence-electron chi connectivity index (χ0n) is 14.9. The van der Waals surface area contributed by atoms with Crippen molar-refractivity contribution in [3.05, 3.63) is 46.3 Å². The van der Waals surface area contributed by atoms with Crippen LogP contribution in [0.15, 0.2) is 40.7 Å². The normalized spacial score (nSPS) is 12.8. The average molecular weight is 346 g/mol. The molecule has 1 atom stereocenters. The summed E-state index contributed by atoms with van der Waals surface area (Å²) in [6.45, 7) is 3.80. The van der Waals surface area contributed by atoms with Crippen molar-refractivity contribution in [1.82, 2.24) is 15.6 Å².